The summed E-state index contributed by atoms with van der Waals surface area (Å²) < 4.78 is 5.39. The third kappa shape index (κ3) is 3.46. The van der Waals surface area contributed by atoms with Gasteiger partial charge in [-0.2, -0.15) is 0 Å². The van der Waals surface area contributed by atoms with E-state index in [2.05, 4.69) is 6.58 Å². The fourth-order valence-electron chi connectivity index (χ4n) is 2.56. The normalized spacial score (nSPS) is 23.3. The number of rotatable bonds is 4. The molecule has 0 spiro atoms. The van der Waals surface area contributed by atoms with Gasteiger partial charge in [-0.25, -0.2) is 0 Å². The standard InChI is InChI=1S/C16H20O2/c1-2-6-13-9-11-14(12-10-13)16(17)18-15-7-4-3-5-8-15/h2-5,7-8,13-14H,1,6,9-12H2/t13-,14-. The van der Waals surface area contributed by atoms with E-state index in [1.165, 1.54) is 0 Å². The smallest absolute Gasteiger partial charge is 0.314 e. The second-order valence-corrected chi connectivity index (χ2v) is 4.98. The second-order valence-electron chi connectivity index (χ2n) is 4.98. The Bertz CT molecular complexity index is 389. The molecule has 1 fully saturated rings. The molecular weight excluding hydrogens is 224 g/mol. The fourth-order valence-corrected chi connectivity index (χ4v) is 2.56. The Morgan fingerprint density at radius 1 is 1.22 bits per heavy atom. The van der Waals surface area contributed by atoms with E-state index in [-0.39, 0.29) is 11.9 Å². The minimum absolute atomic E-state index is 0.0711. The Labute approximate surface area is 109 Å². The summed E-state index contributed by atoms with van der Waals surface area (Å²) in [5.41, 5.74) is 0. The van der Waals surface area contributed by atoms with E-state index in [9.17, 15) is 4.79 Å². The van der Waals surface area contributed by atoms with E-state index < -0.39 is 0 Å². The van der Waals surface area contributed by atoms with Gasteiger partial charge >= 0.3 is 5.97 Å². The molecule has 0 unspecified atom stereocenters. The number of hydrogen-bond donors (Lipinski definition) is 0. The summed E-state index contributed by atoms with van der Waals surface area (Å²) in [6, 6.07) is 9.31. The van der Waals surface area contributed by atoms with Crippen LogP contribution in [0.15, 0.2) is 43.0 Å². The van der Waals surface area contributed by atoms with Crippen molar-refractivity contribution in [1.82, 2.24) is 0 Å². The molecule has 0 radical (unpaired) electrons. The zero-order valence-electron chi connectivity index (χ0n) is 10.7. The highest BCUT2D eigenvalue weighted by Gasteiger charge is 2.27. The maximum Gasteiger partial charge on any atom is 0.314 e. The van der Waals surface area contributed by atoms with Gasteiger partial charge in [0.15, 0.2) is 0 Å². The molecule has 96 valence electrons. The van der Waals surface area contributed by atoms with Crippen LogP contribution in [0.25, 0.3) is 0 Å². The molecule has 18 heavy (non-hydrogen) atoms. The van der Waals surface area contributed by atoms with Gasteiger partial charge in [-0.05, 0) is 50.2 Å². The molecule has 1 aliphatic rings. The average molecular weight is 244 g/mol. The number of para-hydroxylation sites is 1. The molecule has 0 atom stereocenters. The molecule has 2 rings (SSSR count). The lowest BCUT2D eigenvalue weighted by Gasteiger charge is -2.26. The quantitative estimate of drug-likeness (QED) is 0.455. The summed E-state index contributed by atoms with van der Waals surface area (Å²) in [5, 5.41) is 0. The lowest BCUT2D eigenvalue weighted by Crippen LogP contribution is -2.25. The third-order valence-corrected chi connectivity index (χ3v) is 3.64. The molecule has 2 nitrogen and oxygen atoms in total. The molecule has 1 aliphatic carbocycles. The van der Waals surface area contributed by atoms with Gasteiger partial charge in [-0.15, -0.1) is 6.58 Å². The topological polar surface area (TPSA) is 26.3 Å². The SMILES string of the molecule is C=CC[C@H]1CC[C@H](C(=O)Oc2ccccc2)CC1. The fraction of sp³-hybridized carbons (Fsp3) is 0.438. The number of benzene rings is 1. The first kappa shape index (κ1) is 12.9. The summed E-state index contributed by atoms with van der Waals surface area (Å²) >= 11 is 0. The number of carbonyl (C=O) groups excluding carboxylic acids is 1. The van der Waals surface area contributed by atoms with Gasteiger partial charge in [0.1, 0.15) is 5.75 Å². The van der Waals surface area contributed by atoms with Crippen LogP contribution in [0.4, 0.5) is 0 Å². The van der Waals surface area contributed by atoms with Crippen molar-refractivity contribution >= 4 is 5.97 Å². The summed E-state index contributed by atoms with van der Waals surface area (Å²) in [6.07, 6.45) is 7.17. The number of esters is 1. The number of ether oxygens (including phenoxy) is 1. The van der Waals surface area contributed by atoms with E-state index in [4.69, 9.17) is 4.74 Å². The van der Waals surface area contributed by atoms with E-state index >= 15 is 0 Å². The predicted octanol–water partition coefficient (Wildman–Crippen LogP) is 3.97. The van der Waals surface area contributed by atoms with Gasteiger partial charge in [-0.1, -0.05) is 24.3 Å². The van der Waals surface area contributed by atoms with Crippen molar-refractivity contribution in [3.05, 3.63) is 43.0 Å². The van der Waals surface area contributed by atoms with Crippen LogP contribution in [0.5, 0.6) is 5.75 Å². The summed E-state index contributed by atoms with van der Waals surface area (Å²) in [7, 11) is 0. The van der Waals surface area contributed by atoms with Gasteiger partial charge in [0.2, 0.25) is 0 Å². The van der Waals surface area contributed by atoms with E-state index in [0.717, 1.165) is 32.1 Å². The van der Waals surface area contributed by atoms with Crippen molar-refractivity contribution in [2.24, 2.45) is 11.8 Å². The van der Waals surface area contributed by atoms with Crippen LogP contribution < -0.4 is 4.74 Å². The Hall–Kier alpha value is -1.57. The zero-order valence-corrected chi connectivity index (χ0v) is 10.7. The first-order valence-corrected chi connectivity index (χ1v) is 6.67. The van der Waals surface area contributed by atoms with Crippen molar-refractivity contribution in [1.29, 1.82) is 0 Å². The van der Waals surface area contributed by atoms with Crippen molar-refractivity contribution in [2.45, 2.75) is 32.1 Å². The summed E-state index contributed by atoms with van der Waals surface area (Å²) in [5.74, 6) is 1.36. The van der Waals surface area contributed by atoms with Crippen LogP contribution in [0, 0.1) is 11.8 Å². The molecule has 1 aromatic rings. The van der Waals surface area contributed by atoms with Crippen molar-refractivity contribution in [2.75, 3.05) is 0 Å². The van der Waals surface area contributed by atoms with Crippen LogP contribution in [0.2, 0.25) is 0 Å². The highest BCUT2D eigenvalue weighted by atomic mass is 16.5. The zero-order chi connectivity index (χ0) is 12.8. The Morgan fingerprint density at radius 3 is 2.50 bits per heavy atom. The van der Waals surface area contributed by atoms with Crippen LogP contribution in [-0.2, 0) is 4.79 Å². The largest absolute Gasteiger partial charge is 0.426 e. The van der Waals surface area contributed by atoms with Crippen molar-refractivity contribution < 1.29 is 9.53 Å². The third-order valence-electron chi connectivity index (χ3n) is 3.64. The molecule has 0 bridgehead atoms. The van der Waals surface area contributed by atoms with Crippen LogP contribution in [-0.4, -0.2) is 5.97 Å². The Morgan fingerprint density at radius 2 is 1.89 bits per heavy atom. The maximum absolute atomic E-state index is 12.0. The number of hydrogen-bond acceptors (Lipinski definition) is 2. The predicted molar refractivity (Wildman–Crippen MR) is 72.3 cm³/mol. The maximum atomic E-state index is 12.0. The first-order chi connectivity index (χ1) is 8.79. The molecule has 0 saturated heterocycles. The molecule has 0 N–H and O–H groups in total. The lowest BCUT2D eigenvalue weighted by molar-refractivity contribution is -0.140. The molecule has 2 heteroatoms. The van der Waals surface area contributed by atoms with E-state index in [1.807, 2.05) is 36.4 Å². The van der Waals surface area contributed by atoms with Crippen LogP contribution >= 0.6 is 0 Å². The second kappa shape index (κ2) is 6.39. The molecule has 0 amide bonds. The van der Waals surface area contributed by atoms with E-state index in [0.29, 0.717) is 11.7 Å². The minimum atomic E-state index is -0.0711. The highest BCUT2D eigenvalue weighted by molar-refractivity contribution is 5.75. The summed E-state index contributed by atoms with van der Waals surface area (Å²) in [6.45, 7) is 3.77. The number of allylic oxidation sites excluding steroid dienone is 1. The molecule has 1 aromatic carbocycles. The lowest BCUT2D eigenvalue weighted by atomic mass is 9.80. The van der Waals surface area contributed by atoms with Gasteiger partial charge in [0.05, 0.1) is 5.92 Å². The average Bonchev–Trinajstić information content (AvgIpc) is 2.41. The van der Waals surface area contributed by atoms with Gasteiger partial charge < -0.3 is 4.74 Å². The van der Waals surface area contributed by atoms with Gasteiger partial charge in [-0.3, -0.25) is 4.79 Å². The Kier molecular flexibility index (Phi) is 4.57. The van der Waals surface area contributed by atoms with E-state index in [1.54, 1.807) is 0 Å². The Balaban J connectivity index is 1.82. The minimum Gasteiger partial charge on any atom is -0.426 e. The molecule has 0 aliphatic heterocycles. The van der Waals surface area contributed by atoms with Gasteiger partial charge in [0.25, 0.3) is 0 Å². The van der Waals surface area contributed by atoms with Crippen LogP contribution in [0.1, 0.15) is 32.1 Å². The molecule has 1 saturated carbocycles. The number of carbonyl (C=O) groups is 1. The monoisotopic (exact) mass is 244 g/mol. The molecular formula is C16H20O2. The van der Waals surface area contributed by atoms with Crippen LogP contribution in [0.3, 0.4) is 0 Å². The van der Waals surface area contributed by atoms with Gasteiger partial charge in [0, 0.05) is 0 Å². The first-order valence-electron chi connectivity index (χ1n) is 6.67. The molecule has 0 aromatic heterocycles. The van der Waals surface area contributed by atoms with Crippen molar-refractivity contribution in [3.63, 3.8) is 0 Å². The molecule has 0 heterocycles. The van der Waals surface area contributed by atoms with Crippen molar-refractivity contribution in [3.8, 4) is 5.75 Å². The summed E-state index contributed by atoms with van der Waals surface area (Å²) in [4.78, 5) is 12.0. The highest BCUT2D eigenvalue weighted by Crippen LogP contribution is 2.31.